The van der Waals surface area contributed by atoms with Crippen molar-refractivity contribution in [1.82, 2.24) is 0 Å². The van der Waals surface area contributed by atoms with Gasteiger partial charge >= 0.3 is 5.97 Å². The van der Waals surface area contributed by atoms with Gasteiger partial charge in [-0.3, -0.25) is 9.10 Å². The van der Waals surface area contributed by atoms with Crippen molar-refractivity contribution in [2.45, 2.75) is 18.7 Å². The van der Waals surface area contributed by atoms with Gasteiger partial charge in [0.2, 0.25) is 0 Å². The largest absolute Gasteiger partial charge is 0.496 e. The molecule has 0 saturated carbocycles. The van der Waals surface area contributed by atoms with Crippen molar-refractivity contribution in [2.75, 3.05) is 18.0 Å². The number of sulfonamides is 1. The minimum absolute atomic E-state index is 0.0218. The molecule has 0 radical (unpaired) electrons. The van der Waals surface area contributed by atoms with Gasteiger partial charge in [-0.25, -0.2) is 8.42 Å². The van der Waals surface area contributed by atoms with E-state index in [1.165, 1.54) is 31.4 Å². The molecule has 134 valence electrons. The number of aryl methyl sites for hydroxylation is 2. The molecule has 0 amide bonds. The monoisotopic (exact) mass is 383 g/mol. The zero-order chi connectivity index (χ0) is 18.8. The average Bonchev–Trinajstić information content (AvgIpc) is 2.54. The number of benzene rings is 2. The van der Waals surface area contributed by atoms with Gasteiger partial charge in [-0.05, 0) is 55.3 Å². The number of rotatable bonds is 6. The average molecular weight is 384 g/mol. The molecule has 2 aromatic rings. The van der Waals surface area contributed by atoms with Gasteiger partial charge in [-0.2, -0.15) is 0 Å². The van der Waals surface area contributed by atoms with Gasteiger partial charge in [-0.15, -0.1) is 0 Å². The van der Waals surface area contributed by atoms with Crippen LogP contribution in [0.25, 0.3) is 0 Å². The smallest absolute Gasteiger partial charge is 0.324 e. The third kappa shape index (κ3) is 4.05. The van der Waals surface area contributed by atoms with Gasteiger partial charge in [-0.1, -0.05) is 17.7 Å². The fourth-order valence-corrected chi connectivity index (χ4v) is 4.13. The molecule has 1 N–H and O–H groups in total. The van der Waals surface area contributed by atoms with Crippen LogP contribution in [-0.4, -0.2) is 33.1 Å². The van der Waals surface area contributed by atoms with Crippen LogP contribution in [0.1, 0.15) is 11.1 Å². The first-order chi connectivity index (χ1) is 11.7. The maximum atomic E-state index is 13.1. The molecule has 0 fully saturated rings. The van der Waals surface area contributed by atoms with Gasteiger partial charge in [0, 0.05) is 5.02 Å². The van der Waals surface area contributed by atoms with Gasteiger partial charge < -0.3 is 9.84 Å². The summed E-state index contributed by atoms with van der Waals surface area (Å²) in [4.78, 5) is 11.2. The minimum Gasteiger partial charge on any atom is -0.496 e. The van der Waals surface area contributed by atoms with E-state index in [2.05, 4.69) is 0 Å². The Bertz CT molecular complexity index is 911. The lowest BCUT2D eigenvalue weighted by atomic mass is 10.2. The fourth-order valence-electron chi connectivity index (χ4n) is 2.41. The van der Waals surface area contributed by atoms with E-state index >= 15 is 0 Å². The van der Waals surface area contributed by atoms with Crippen molar-refractivity contribution in [1.29, 1.82) is 0 Å². The number of carboxylic acids is 1. The SMILES string of the molecule is COc1ccc(S(=O)(=O)N(CC(=O)O)c2cc(Cl)ccc2C)cc1C. The van der Waals surface area contributed by atoms with Gasteiger partial charge in [0.15, 0.2) is 0 Å². The molecule has 2 aromatic carbocycles. The highest BCUT2D eigenvalue weighted by molar-refractivity contribution is 7.92. The van der Waals surface area contributed by atoms with Crippen LogP contribution in [0.2, 0.25) is 5.02 Å². The number of carboxylic acid groups (broad SMARTS) is 1. The first-order valence-electron chi connectivity index (χ1n) is 7.32. The third-order valence-corrected chi connectivity index (χ3v) is 5.66. The Morgan fingerprint density at radius 1 is 1.16 bits per heavy atom. The summed E-state index contributed by atoms with van der Waals surface area (Å²) < 4.78 is 32.1. The van der Waals surface area contributed by atoms with E-state index < -0.39 is 22.5 Å². The standard InChI is InChI=1S/C17H18ClNO5S/c1-11-4-5-13(18)9-15(11)19(10-17(20)21)25(22,23)14-6-7-16(24-3)12(2)8-14/h4-9H,10H2,1-3H3,(H,20,21). The summed E-state index contributed by atoms with van der Waals surface area (Å²) in [7, 11) is -2.61. The number of halogens is 1. The first kappa shape index (κ1) is 19.1. The molecule has 0 bridgehead atoms. The van der Waals surface area contributed by atoms with Crippen LogP contribution in [0, 0.1) is 13.8 Å². The number of aliphatic carboxylic acids is 1. The molecule has 0 aliphatic rings. The second-order valence-corrected chi connectivity index (χ2v) is 7.77. The van der Waals surface area contributed by atoms with Crippen molar-refractivity contribution in [2.24, 2.45) is 0 Å². The van der Waals surface area contributed by atoms with E-state index in [9.17, 15) is 18.3 Å². The molecule has 0 saturated heterocycles. The van der Waals surface area contributed by atoms with Gasteiger partial charge in [0.1, 0.15) is 12.3 Å². The Hall–Kier alpha value is -2.25. The van der Waals surface area contributed by atoms with Crippen molar-refractivity contribution in [3.8, 4) is 5.75 Å². The zero-order valence-electron chi connectivity index (χ0n) is 14.0. The lowest BCUT2D eigenvalue weighted by molar-refractivity contribution is -0.135. The highest BCUT2D eigenvalue weighted by Crippen LogP contribution is 2.31. The topological polar surface area (TPSA) is 83.9 Å². The number of carbonyl (C=O) groups is 1. The van der Waals surface area contributed by atoms with Crippen LogP contribution in [-0.2, 0) is 14.8 Å². The Labute approximate surface area is 151 Å². The summed E-state index contributed by atoms with van der Waals surface area (Å²) >= 11 is 5.97. The van der Waals surface area contributed by atoms with Crippen LogP contribution in [0.5, 0.6) is 5.75 Å². The molecule has 0 aliphatic carbocycles. The van der Waals surface area contributed by atoms with Crippen molar-refractivity contribution < 1.29 is 23.1 Å². The number of ether oxygens (including phenoxy) is 1. The summed E-state index contributed by atoms with van der Waals surface area (Å²) in [6.45, 7) is 2.69. The number of hydrogen-bond donors (Lipinski definition) is 1. The van der Waals surface area contributed by atoms with Gasteiger partial charge in [0.25, 0.3) is 10.0 Å². The number of anilines is 1. The van der Waals surface area contributed by atoms with Crippen molar-refractivity contribution in [3.63, 3.8) is 0 Å². The molecule has 8 heteroatoms. The van der Waals surface area contributed by atoms with E-state index in [0.717, 1.165) is 4.31 Å². The van der Waals surface area contributed by atoms with Crippen molar-refractivity contribution in [3.05, 3.63) is 52.5 Å². The molecular formula is C17H18ClNO5S. The zero-order valence-corrected chi connectivity index (χ0v) is 15.6. The van der Waals surface area contributed by atoms with E-state index in [0.29, 0.717) is 21.9 Å². The maximum Gasteiger partial charge on any atom is 0.324 e. The number of nitrogens with zero attached hydrogens (tertiary/aromatic N) is 1. The van der Waals surface area contributed by atoms with Crippen LogP contribution in [0.4, 0.5) is 5.69 Å². The first-order valence-corrected chi connectivity index (χ1v) is 9.14. The predicted molar refractivity (Wildman–Crippen MR) is 96.1 cm³/mol. The normalized spacial score (nSPS) is 11.2. The minimum atomic E-state index is -4.10. The lowest BCUT2D eigenvalue weighted by Crippen LogP contribution is -2.36. The second-order valence-electron chi connectivity index (χ2n) is 5.47. The van der Waals surface area contributed by atoms with Crippen molar-refractivity contribution >= 4 is 33.3 Å². The molecule has 0 spiro atoms. The quantitative estimate of drug-likeness (QED) is 0.827. The molecule has 0 aromatic heterocycles. The Balaban J connectivity index is 2.62. The van der Waals surface area contributed by atoms with E-state index in [-0.39, 0.29) is 10.6 Å². The van der Waals surface area contributed by atoms with Crippen LogP contribution >= 0.6 is 11.6 Å². The molecule has 6 nitrogen and oxygen atoms in total. The third-order valence-electron chi connectivity index (χ3n) is 3.67. The van der Waals surface area contributed by atoms with Crippen LogP contribution in [0.15, 0.2) is 41.3 Å². The summed E-state index contributed by atoms with van der Waals surface area (Å²) in [5.74, 6) is -0.726. The van der Waals surface area contributed by atoms with E-state index in [1.54, 1.807) is 26.0 Å². The molecule has 2 rings (SSSR count). The summed E-state index contributed by atoms with van der Waals surface area (Å²) in [5.41, 5.74) is 1.45. The molecule has 0 unspecified atom stereocenters. The summed E-state index contributed by atoms with van der Waals surface area (Å²) in [6.07, 6.45) is 0. The number of hydrogen-bond acceptors (Lipinski definition) is 4. The summed E-state index contributed by atoms with van der Waals surface area (Å²) in [6, 6.07) is 9.06. The van der Waals surface area contributed by atoms with Crippen LogP contribution in [0.3, 0.4) is 0 Å². The van der Waals surface area contributed by atoms with Gasteiger partial charge in [0.05, 0.1) is 17.7 Å². The Kier molecular flexibility index (Phi) is 5.59. The van der Waals surface area contributed by atoms with E-state index in [4.69, 9.17) is 16.3 Å². The molecule has 0 atom stereocenters. The number of methoxy groups -OCH3 is 1. The highest BCUT2D eigenvalue weighted by atomic mass is 35.5. The Morgan fingerprint density at radius 3 is 2.40 bits per heavy atom. The molecule has 0 heterocycles. The Morgan fingerprint density at radius 2 is 1.84 bits per heavy atom. The lowest BCUT2D eigenvalue weighted by Gasteiger charge is -2.25. The molecular weight excluding hydrogens is 366 g/mol. The summed E-state index contributed by atoms with van der Waals surface area (Å²) in [5, 5.41) is 9.51. The van der Waals surface area contributed by atoms with Crippen LogP contribution < -0.4 is 9.04 Å². The molecule has 0 aliphatic heterocycles. The predicted octanol–water partition coefficient (Wildman–Crippen LogP) is 3.25. The fraction of sp³-hybridized carbons (Fsp3) is 0.235. The maximum absolute atomic E-state index is 13.1. The molecule has 25 heavy (non-hydrogen) atoms. The highest BCUT2D eigenvalue weighted by Gasteiger charge is 2.28. The van der Waals surface area contributed by atoms with E-state index in [1.807, 2.05) is 0 Å². The second kappa shape index (κ2) is 7.33.